The Morgan fingerprint density at radius 3 is 2.65 bits per heavy atom. The third kappa shape index (κ3) is 8.22. The average molecular weight is 685 g/mol. The van der Waals surface area contributed by atoms with Gasteiger partial charge in [0, 0.05) is 43.2 Å². The van der Waals surface area contributed by atoms with Crippen molar-refractivity contribution in [2.24, 2.45) is 47.3 Å². The molecule has 2 nitrogen and oxygen atoms in total. The molecule has 9 atom stereocenters. The highest BCUT2D eigenvalue weighted by Gasteiger charge is 2.41. The lowest BCUT2D eigenvalue weighted by Crippen LogP contribution is -2.49. The lowest BCUT2D eigenvalue weighted by molar-refractivity contribution is 0.0884. The first kappa shape index (κ1) is 36.5. The Hall–Kier alpha value is -2.84. The Balaban J connectivity index is 1.33. The quantitative estimate of drug-likeness (QED) is 0.212. The molecule has 0 aromatic heterocycles. The monoisotopic (exact) mass is 685 g/mol. The van der Waals surface area contributed by atoms with Crippen molar-refractivity contribution in [3.8, 4) is 0 Å². The van der Waals surface area contributed by atoms with E-state index in [1.54, 1.807) is 27.9 Å². The van der Waals surface area contributed by atoms with E-state index in [-0.39, 0.29) is 0 Å². The molecule has 274 valence electrons. The minimum absolute atomic E-state index is 0.482. The smallest absolute Gasteiger partial charge is 0.0312 e. The fraction of sp³-hybridized carbons (Fsp3) is 0.592. The highest BCUT2D eigenvalue weighted by Crippen LogP contribution is 2.46. The zero-order chi connectivity index (χ0) is 35.2. The van der Waals surface area contributed by atoms with Gasteiger partial charge >= 0.3 is 0 Å². The highest BCUT2D eigenvalue weighted by molar-refractivity contribution is 5.38. The maximum Gasteiger partial charge on any atom is 0.0312 e. The fourth-order valence-corrected chi connectivity index (χ4v) is 11.2. The molecule has 0 bridgehead atoms. The Morgan fingerprint density at radius 2 is 1.80 bits per heavy atom. The molecule has 2 aliphatic heterocycles. The van der Waals surface area contributed by atoms with Crippen molar-refractivity contribution >= 4 is 0 Å². The number of rotatable bonds is 7. The maximum atomic E-state index is 3.75. The molecule has 0 aromatic rings. The summed E-state index contributed by atoms with van der Waals surface area (Å²) >= 11 is 0. The van der Waals surface area contributed by atoms with Crippen molar-refractivity contribution in [2.75, 3.05) is 19.6 Å². The van der Waals surface area contributed by atoms with Crippen LogP contribution in [-0.2, 0) is 0 Å². The van der Waals surface area contributed by atoms with Gasteiger partial charge in [0.2, 0.25) is 0 Å². The summed E-state index contributed by atoms with van der Waals surface area (Å²) in [5, 5.41) is 3.75. The Bertz CT molecular complexity index is 1530. The fourth-order valence-electron chi connectivity index (χ4n) is 11.2. The number of hydrogen-bond acceptors (Lipinski definition) is 2. The van der Waals surface area contributed by atoms with E-state index in [9.17, 15) is 0 Å². The van der Waals surface area contributed by atoms with Gasteiger partial charge in [-0.2, -0.15) is 0 Å². The molecule has 2 heterocycles. The summed E-state index contributed by atoms with van der Waals surface area (Å²) < 4.78 is 0. The van der Waals surface area contributed by atoms with Crippen LogP contribution in [0.2, 0.25) is 0 Å². The molecular weight excluding hydrogens is 617 g/mol. The molecule has 9 unspecified atom stereocenters. The van der Waals surface area contributed by atoms with Gasteiger partial charge in [0.25, 0.3) is 0 Å². The summed E-state index contributed by atoms with van der Waals surface area (Å²) in [7, 11) is 0. The third-order valence-electron chi connectivity index (χ3n) is 14.2. The Labute approximate surface area is 312 Å². The molecule has 51 heavy (non-hydrogen) atoms. The second kappa shape index (κ2) is 17.3. The SMILES string of the molecule is C/C=C\C=C(/CC)C1CCC=CC1/C1=C/CC(C)/C(C)=C2\C=CCCC2C(C2=CC=CC(C3=CCCN3)C2)CN(C2C=CCC3CCCCC32)C1. The van der Waals surface area contributed by atoms with Gasteiger partial charge in [-0.1, -0.05) is 134 Å². The van der Waals surface area contributed by atoms with Gasteiger partial charge in [0.1, 0.15) is 0 Å². The molecule has 1 saturated carbocycles. The maximum absolute atomic E-state index is 3.75. The summed E-state index contributed by atoms with van der Waals surface area (Å²) in [5.74, 6) is 4.85. The number of hydrogen-bond donors (Lipinski definition) is 1. The summed E-state index contributed by atoms with van der Waals surface area (Å²) in [5.41, 5.74) is 9.79. The second-order valence-corrected chi connectivity index (χ2v) is 17.1. The molecule has 0 radical (unpaired) electrons. The minimum Gasteiger partial charge on any atom is -0.388 e. The van der Waals surface area contributed by atoms with E-state index in [0.717, 1.165) is 50.7 Å². The van der Waals surface area contributed by atoms with Crippen LogP contribution in [0.15, 0.2) is 119 Å². The predicted molar refractivity (Wildman–Crippen MR) is 219 cm³/mol. The van der Waals surface area contributed by atoms with E-state index in [1.165, 1.54) is 69.9 Å². The van der Waals surface area contributed by atoms with Gasteiger partial charge in [-0.15, -0.1) is 0 Å². The van der Waals surface area contributed by atoms with Gasteiger partial charge in [-0.3, -0.25) is 4.90 Å². The number of allylic oxidation sites excluding steroid dienone is 15. The molecule has 7 rings (SSSR count). The number of fused-ring (bicyclic) bond motifs is 2. The number of nitrogens with zero attached hydrogens (tertiary/aromatic N) is 1. The van der Waals surface area contributed by atoms with Crippen LogP contribution in [0.5, 0.6) is 0 Å². The van der Waals surface area contributed by atoms with Crippen LogP contribution in [0.1, 0.15) is 111 Å². The van der Waals surface area contributed by atoms with Gasteiger partial charge in [0.05, 0.1) is 0 Å². The summed E-state index contributed by atoms with van der Waals surface area (Å²) in [6.45, 7) is 12.9. The molecule has 0 amide bonds. The topological polar surface area (TPSA) is 15.3 Å². The van der Waals surface area contributed by atoms with Gasteiger partial charge < -0.3 is 5.32 Å². The van der Waals surface area contributed by atoms with Crippen LogP contribution >= 0.6 is 0 Å². The lowest BCUT2D eigenvalue weighted by Gasteiger charge is -2.47. The number of nitrogens with one attached hydrogen (secondary N) is 1. The molecule has 1 N–H and O–H groups in total. The van der Waals surface area contributed by atoms with Gasteiger partial charge in [-0.05, 0) is 126 Å². The van der Waals surface area contributed by atoms with Crippen LogP contribution in [0.25, 0.3) is 0 Å². The van der Waals surface area contributed by atoms with Crippen molar-refractivity contribution < 1.29 is 0 Å². The molecule has 0 spiro atoms. The third-order valence-corrected chi connectivity index (χ3v) is 14.2. The zero-order valence-electron chi connectivity index (χ0n) is 32.5. The first-order valence-electron chi connectivity index (χ1n) is 21.3. The second-order valence-electron chi connectivity index (χ2n) is 17.1. The molecule has 0 saturated heterocycles. The largest absolute Gasteiger partial charge is 0.388 e. The summed E-state index contributed by atoms with van der Waals surface area (Å²) in [4.78, 5) is 3.07. The van der Waals surface area contributed by atoms with Crippen LogP contribution in [0.4, 0.5) is 0 Å². The van der Waals surface area contributed by atoms with Crippen LogP contribution in [-0.4, -0.2) is 30.6 Å². The van der Waals surface area contributed by atoms with Crippen molar-refractivity contribution in [1.82, 2.24) is 10.2 Å². The Morgan fingerprint density at radius 1 is 0.922 bits per heavy atom. The van der Waals surface area contributed by atoms with Crippen molar-refractivity contribution in [3.05, 3.63) is 119 Å². The summed E-state index contributed by atoms with van der Waals surface area (Å²) in [6, 6.07) is 0.533. The highest BCUT2D eigenvalue weighted by atomic mass is 15.2. The van der Waals surface area contributed by atoms with Crippen LogP contribution in [0.3, 0.4) is 0 Å². The Kier molecular flexibility index (Phi) is 12.4. The van der Waals surface area contributed by atoms with E-state index in [4.69, 9.17) is 0 Å². The van der Waals surface area contributed by atoms with Crippen molar-refractivity contribution in [1.29, 1.82) is 0 Å². The molecule has 2 heteroatoms. The summed E-state index contributed by atoms with van der Waals surface area (Å²) in [6.07, 6.45) is 51.6. The molecule has 0 aromatic carbocycles. The van der Waals surface area contributed by atoms with E-state index in [0.29, 0.717) is 41.5 Å². The normalized spacial score (nSPS) is 39.0. The van der Waals surface area contributed by atoms with E-state index >= 15 is 0 Å². The zero-order valence-corrected chi connectivity index (χ0v) is 32.5. The van der Waals surface area contributed by atoms with Crippen LogP contribution < -0.4 is 5.32 Å². The van der Waals surface area contributed by atoms with E-state index in [1.807, 2.05) is 0 Å². The van der Waals surface area contributed by atoms with Crippen LogP contribution in [0, 0.1) is 47.3 Å². The lowest BCUT2D eigenvalue weighted by atomic mass is 9.68. The van der Waals surface area contributed by atoms with Crippen molar-refractivity contribution in [2.45, 2.75) is 117 Å². The first-order chi connectivity index (χ1) is 25.1. The van der Waals surface area contributed by atoms with Gasteiger partial charge in [-0.25, -0.2) is 0 Å². The van der Waals surface area contributed by atoms with Crippen molar-refractivity contribution in [3.63, 3.8) is 0 Å². The van der Waals surface area contributed by atoms with E-state index in [2.05, 4.69) is 123 Å². The average Bonchev–Trinajstić information content (AvgIpc) is 3.73. The van der Waals surface area contributed by atoms with E-state index < -0.39 is 0 Å². The standard InChI is InChI=1S/C49H68N2/c1-5-7-17-37(6-2)43-23-11-12-24-44(43)41-30-29-35(3)36(4)42-22-10-13-26-46(42)47(39-20-14-21-40(32-39)48-27-16-31-50-48)34-51(33-41)49-28-15-19-38-18-8-9-25-45(38)49/h5,7,10,12,14-15,17,20-22,24,27-28,30,35,38,40,43-47,49-50H,6,8-9,11,13,16,18-19,23,25-26,29,31-34H2,1-4H3/b7-5-,37-17+,41-30+,42-36+. The minimum atomic E-state index is 0.482. The first-order valence-corrected chi connectivity index (χ1v) is 21.3. The molecular formula is C49H68N2. The van der Waals surface area contributed by atoms with Gasteiger partial charge in [0.15, 0.2) is 0 Å². The predicted octanol–water partition coefficient (Wildman–Crippen LogP) is 12.2. The molecule has 7 aliphatic rings. The molecule has 1 fully saturated rings. The molecule has 5 aliphatic carbocycles.